The molecule has 146 valence electrons. The topological polar surface area (TPSA) is 58.1 Å². The smallest absolute Gasteiger partial charge is 0.225 e. The van der Waals surface area contributed by atoms with E-state index in [1.54, 1.807) is 11.3 Å². The number of hydrogen-bond donors (Lipinski definition) is 1. The quantitative estimate of drug-likeness (QED) is 0.722. The monoisotopic (exact) mass is 394 g/mol. The van der Waals surface area contributed by atoms with Crippen molar-refractivity contribution in [2.45, 2.75) is 40.2 Å². The fraction of sp³-hybridized carbons (Fsp3) is 0.409. The van der Waals surface area contributed by atoms with Gasteiger partial charge in [0.25, 0.3) is 0 Å². The second-order valence-electron chi connectivity index (χ2n) is 7.60. The summed E-state index contributed by atoms with van der Waals surface area (Å²) in [7, 11) is 0. The van der Waals surface area contributed by atoms with Crippen molar-refractivity contribution in [3.8, 4) is 0 Å². The lowest BCUT2D eigenvalue weighted by Crippen LogP contribution is -2.43. The van der Waals surface area contributed by atoms with Gasteiger partial charge in [-0.2, -0.15) is 0 Å². The first kappa shape index (κ1) is 18.9. The van der Waals surface area contributed by atoms with Crippen molar-refractivity contribution in [3.63, 3.8) is 0 Å². The molecule has 1 aliphatic rings. The Hall–Kier alpha value is -2.47. The lowest BCUT2D eigenvalue weighted by atomic mass is 9.96. The maximum absolute atomic E-state index is 12.8. The Morgan fingerprint density at radius 3 is 2.93 bits per heavy atom. The molecule has 1 aromatic carbocycles. The fourth-order valence-electron chi connectivity index (χ4n) is 3.85. The minimum absolute atomic E-state index is 0.00364. The number of aryl methyl sites for hydroxylation is 3. The number of piperidine rings is 1. The van der Waals surface area contributed by atoms with Crippen LogP contribution in [0.3, 0.4) is 0 Å². The SMILES string of the molecule is Cc1ccc2nccc(N3CCCC(C(=O)NCc4nc(C)c(C)s4)C3)c2c1. The van der Waals surface area contributed by atoms with Crippen LogP contribution >= 0.6 is 11.3 Å². The highest BCUT2D eigenvalue weighted by atomic mass is 32.1. The molecule has 3 heterocycles. The molecule has 2 aromatic heterocycles. The Kier molecular flexibility index (Phi) is 5.31. The molecule has 0 spiro atoms. The van der Waals surface area contributed by atoms with Gasteiger partial charge in [0.1, 0.15) is 5.01 Å². The van der Waals surface area contributed by atoms with Crippen molar-refractivity contribution in [2.75, 3.05) is 18.0 Å². The van der Waals surface area contributed by atoms with Gasteiger partial charge in [-0.3, -0.25) is 9.78 Å². The van der Waals surface area contributed by atoms with Gasteiger partial charge in [-0.1, -0.05) is 11.6 Å². The number of benzene rings is 1. The number of amides is 1. The van der Waals surface area contributed by atoms with Gasteiger partial charge < -0.3 is 10.2 Å². The summed E-state index contributed by atoms with van der Waals surface area (Å²) in [6.07, 6.45) is 3.81. The van der Waals surface area contributed by atoms with Crippen molar-refractivity contribution in [3.05, 3.63) is 51.6 Å². The molecule has 0 bridgehead atoms. The van der Waals surface area contributed by atoms with E-state index in [9.17, 15) is 4.79 Å². The van der Waals surface area contributed by atoms with E-state index in [2.05, 4.69) is 58.3 Å². The Labute approximate surface area is 169 Å². The predicted molar refractivity (Wildman–Crippen MR) is 115 cm³/mol. The second-order valence-corrected chi connectivity index (χ2v) is 8.89. The Morgan fingerprint density at radius 2 is 2.14 bits per heavy atom. The Balaban J connectivity index is 1.47. The highest BCUT2D eigenvalue weighted by Gasteiger charge is 2.27. The molecule has 1 aliphatic heterocycles. The fourth-order valence-corrected chi connectivity index (χ4v) is 4.73. The molecule has 1 unspecified atom stereocenters. The van der Waals surface area contributed by atoms with Gasteiger partial charge >= 0.3 is 0 Å². The van der Waals surface area contributed by atoms with E-state index in [1.807, 2.05) is 13.1 Å². The predicted octanol–water partition coefficient (Wildman–Crippen LogP) is 4.15. The minimum Gasteiger partial charge on any atom is -0.370 e. The van der Waals surface area contributed by atoms with Crippen LogP contribution in [-0.2, 0) is 11.3 Å². The molecule has 28 heavy (non-hydrogen) atoms. The zero-order valence-corrected chi connectivity index (χ0v) is 17.5. The molecule has 5 nitrogen and oxygen atoms in total. The van der Waals surface area contributed by atoms with Crippen molar-refractivity contribution in [1.29, 1.82) is 0 Å². The summed E-state index contributed by atoms with van der Waals surface area (Å²) in [4.78, 5) is 25.4. The van der Waals surface area contributed by atoms with Crippen molar-refractivity contribution < 1.29 is 4.79 Å². The molecule has 1 fully saturated rings. The Bertz CT molecular complexity index is 993. The summed E-state index contributed by atoms with van der Waals surface area (Å²) in [5.41, 5.74) is 4.46. The first-order valence-corrected chi connectivity index (χ1v) is 10.6. The number of carbonyl (C=O) groups is 1. The van der Waals surface area contributed by atoms with Crippen LogP contribution in [0.15, 0.2) is 30.5 Å². The summed E-state index contributed by atoms with van der Waals surface area (Å²) in [5, 5.41) is 5.24. The summed E-state index contributed by atoms with van der Waals surface area (Å²) in [6, 6.07) is 8.42. The average Bonchev–Trinajstić information content (AvgIpc) is 3.03. The number of nitrogens with one attached hydrogen (secondary N) is 1. The van der Waals surface area contributed by atoms with Gasteiger partial charge in [0.15, 0.2) is 0 Å². The third-order valence-electron chi connectivity index (χ3n) is 5.49. The van der Waals surface area contributed by atoms with E-state index in [-0.39, 0.29) is 11.8 Å². The molecule has 0 radical (unpaired) electrons. The second kappa shape index (κ2) is 7.87. The van der Waals surface area contributed by atoms with Crippen molar-refractivity contribution in [1.82, 2.24) is 15.3 Å². The number of nitrogens with zero attached hydrogens (tertiary/aromatic N) is 3. The molecule has 1 N–H and O–H groups in total. The largest absolute Gasteiger partial charge is 0.370 e. The third kappa shape index (κ3) is 3.87. The van der Waals surface area contributed by atoms with Crippen molar-refractivity contribution >= 4 is 33.8 Å². The van der Waals surface area contributed by atoms with E-state index in [0.29, 0.717) is 6.54 Å². The molecular weight excluding hydrogens is 368 g/mol. The molecule has 0 saturated carbocycles. The first-order valence-electron chi connectivity index (χ1n) is 9.82. The van der Waals surface area contributed by atoms with Crippen LogP contribution in [0.25, 0.3) is 10.9 Å². The summed E-state index contributed by atoms with van der Waals surface area (Å²) in [6.45, 7) is 8.42. The lowest BCUT2D eigenvalue weighted by molar-refractivity contribution is -0.125. The number of thiazole rings is 1. The van der Waals surface area contributed by atoms with Gasteiger partial charge in [0.2, 0.25) is 5.91 Å². The number of rotatable bonds is 4. The molecule has 1 atom stereocenters. The van der Waals surface area contributed by atoms with Crippen LogP contribution in [-0.4, -0.2) is 29.0 Å². The Morgan fingerprint density at radius 1 is 1.29 bits per heavy atom. The maximum Gasteiger partial charge on any atom is 0.225 e. The van der Waals surface area contributed by atoms with E-state index in [0.717, 1.165) is 47.5 Å². The van der Waals surface area contributed by atoms with Gasteiger partial charge in [0.05, 0.1) is 23.7 Å². The van der Waals surface area contributed by atoms with Gasteiger partial charge in [-0.05, 0) is 51.8 Å². The zero-order chi connectivity index (χ0) is 19.7. The van der Waals surface area contributed by atoms with E-state index in [4.69, 9.17) is 0 Å². The number of fused-ring (bicyclic) bond motifs is 1. The maximum atomic E-state index is 12.8. The standard InChI is InChI=1S/C22H26N4OS/c1-14-6-7-19-18(11-14)20(8-9-23-19)26-10-4-5-17(13-26)22(27)24-12-21-25-15(2)16(3)28-21/h6-9,11,17H,4-5,10,12-13H2,1-3H3,(H,24,27). The normalized spacial score (nSPS) is 17.1. The number of aromatic nitrogens is 2. The third-order valence-corrected chi connectivity index (χ3v) is 6.57. The van der Waals surface area contributed by atoms with Crippen molar-refractivity contribution in [2.24, 2.45) is 5.92 Å². The average molecular weight is 395 g/mol. The van der Waals surface area contributed by atoms with Crippen LogP contribution in [0.2, 0.25) is 0 Å². The van der Waals surface area contributed by atoms with Gasteiger partial charge in [-0.15, -0.1) is 11.3 Å². The van der Waals surface area contributed by atoms with Crippen LogP contribution in [0.5, 0.6) is 0 Å². The highest BCUT2D eigenvalue weighted by Crippen LogP contribution is 2.30. The van der Waals surface area contributed by atoms with Crippen LogP contribution < -0.4 is 10.2 Å². The number of anilines is 1. The lowest BCUT2D eigenvalue weighted by Gasteiger charge is -2.34. The molecule has 1 amide bonds. The number of pyridine rings is 1. The summed E-state index contributed by atoms with van der Waals surface area (Å²) >= 11 is 1.66. The minimum atomic E-state index is 0.00364. The van der Waals surface area contributed by atoms with E-state index >= 15 is 0 Å². The van der Waals surface area contributed by atoms with E-state index in [1.165, 1.54) is 16.1 Å². The van der Waals surface area contributed by atoms with Gasteiger partial charge in [0, 0.05) is 35.2 Å². The van der Waals surface area contributed by atoms with Crippen LogP contribution in [0.4, 0.5) is 5.69 Å². The molecule has 0 aliphatic carbocycles. The van der Waals surface area contributed by atoms with Crippen LogP contribution in [0.1, 0.15) is 34.0 Å². The first-order chi connectivity index (χ1) is 13.5. The van der Waals surface area contributed by atoms with Gasteiger partial charge in [-0.25, -0.2) is 4.98 Å². The number of hydrogen-bond acceptors (Lipinski definition) is 5. The molecule has 3 aromatic rings. The molecule has 1 saturated heterocycles. The van der Waals surface area contributed by atoms with E-state index < -0.39 is 0 Å². The summed E-state index contributed by atoms with van der Waals surface area (Å²) < 4.78 is 0. The zero-order valence-electron chi connectivity index (χ0n) is 16.7. The highest BCUT2D eigenvalue weighted by molar-refractivity contribution is 7.11. The molecule has 6 heteroatoms. The molecular formula is C22H26N4OS. The summed E-state index contributed by atoms with van der Waals surface area (Å²) in [5.74, 6) is 0.133. The number of carbonyl (C=O) groups excluding carboxylic acids is 1. The van der Waals surface area contributed by atoms with Crippen LogP contribution in [0, 0.1) is 26.7 Å². The molecule has 4 rings (SSSR count).